The van der Waals surface area contributed by atoms with Crippen LogP contribution in [0.3, 0.4) is 0 Å². The Morgan fingerprint density at radius 3 is 2.22 bits per heavy atom. The summed E-state index contributed by atoms with van der Waals surface area (Å²) >= 11 is 0. The van der Waals surface area contributed by atoms with Crippen LogP contribution in [0.25, 0.3) is 0 Å². The summed E-state index contributed by atoms with van der Waals surface area (Å²) in [7, 11) is 0. The van der Waals surface area contributed by atoms with E-state index in [1.54, 1.807) is 24.0 Å². The quantitative estimate of drug-likeness (QED) is 0.161. The molecule has 50 heavy (non-hydrogen) atoms. The molecule has 10 heteroatoms. The molecule has 4 unspecified atom stereocenters. The number of nitrogens with one attached hydrogen (secondary N) is 1. The molecule has 1 amide bonds. The van der Waals surface area contributed by atoms with Gasteiger partial charge in [0.25, 0.3) is 0 Å². The zero-order chi connectivity index (χ0) is 36.1. The van der Waals surface area contributed by atoms with E-state index in [0.717, 1.165) is 59.1 Å². The maximum Gasteiger partial charge on any atom is 0.334 e. The third-order valence-corrected chi connectivity index (χ3v) is 10.4. The number of carboxylic acid groups (broad SMARTS) is 1. The number of benzene rings is 3. The van der Waals surface area contributed by atoms with E-state index in [2.05, 4.69) is 12.2 Å². The Hall–Kier alpha value is -4.38. The summed E-state index contributed by atoms with van der Waals surface area (Å²) in [6.45, 7) is 7.54. The maximum absolute atomic E-state index is 14.2. The highest BCUT2D eigenvalue weighted by atomic mass is 16.5. The van der Waals surface area contributed by atoms with Crippen molar-refractivity contribution in [3.63, 3.8) is 0 Å². The maximum atomic E-state index is 14.2. The summed E-state index contributed by atoms with van der Waals surface area (Å²) in [5.74, 6) is -1.57. The number of esters is 1. The van der Waals surface area contributed by atoms with E-state index in [1.165, 1.54) is 0 Å². The Kier molecular flexibility index (Phi) is 11.9. The fraction of sp³-hybridized carbons (Fsp3) is 0.450. The summed E-state index contributed by atoms with van der Waals surface area (Å²) in [5, 5.41) is 12.7. The average molecular weight is 683 g/mol. The molecule has 1 heterocycles. The van der Waals surface area contributed by atoms with Crippen molar-refractivity contribution in [1.29, 1.82) is 0 Å². The molecule has 0 spiro atoms. The molecule has 0 saturated heterocycles. The molecule has 1 aliphatic heterocycles. The van der Waals surface area contributed by atoms with Crippen LogP contribution >= 0.6 is 0 Å². The molecule has 0 aromatic heterocycles. The molecule has 1 saturated carbocycles. The van der Waals surface area contributed by atoms with Crippen molar-refractivity contribution in [3.05, 3.63) is 100 Å². The first kappa shape index (κ1) is 36.9. The van der Waals surface area contributed by atoms with Gasteiger partial charge in [-0.2, -0.15) is 0 Å². The molecular formula is C40H50N4O6. The Balaban J connectivity index is 1.38. The van der Waals surface area contributed by atoms with E-state index >= 15 is 0 Å². The fourth-order valence-electron chi connectivity index (χ4n) is 7.64. The number of ether oxygens (including phenoxy) is 1. The number of hydrogen-bond acceptors (Lipinski definition) is 8. The second-order valence-electron chi connectivity index (χ2n) is 14.1. The number of rotatable bonds is 12. The second-order valence-corrected chi connectivity index (χ2v) is 14.1. The summed E-state index contributed by atoms with van der Waals surface area (Å²) in [6, 6.07) is 16.0. The summed E-state index contributed by atoms with van der Waals surface area (Å²) < 4.78 is 6.09. The van der Waals surface area contributed by atoms with Crippen LogP contribution < -0.4 is 21.5 Å². The smallest absolute Gasteiger partial charge is 0.334 e. The lowest BCUT2D eigenvalue weighted by Gasteiger charge is -2.43. The topological polar surface area (TPSA) is 165 Å². The van der Waals surface area contributed by atoms with Gasteiger partial charge in [0, 0.05) is 12.5 Å². The molecule has 1 aliphatic carbocycles. The Morgan fingerprint density at radius 1 is 0.940 bits per heavy atom. The number of carboxylic acids is 1. The summed E-state index contributed by atoms with van der Waals surface area (Å²) in [4.78, 5) is 55.2. The van der Waals surface area contributed by atoms with Gasteiger partial charge in [-0.25, -0.2) is 4.79 Å². The van der Waals surface area contributed by atoms with Gasteiger partial charge < -0.3 is 26.2 Å². The number of aliphatic carboxylic acids is 1. The largest absolute Gasteiger partial charge is 0.480 e. The van der Waals surface area contributed by atoms with E-state index < -0.39 is 42.1 Å². The number of hydrogen-bond donors (Lipinski definition) is 4. The number of fused-ring (bicyclic) bond motifs is 1. The van der Waals surface area contributed by atoms with Crippen molar-refractivity contribution >= 4 is 23.6 Å². The van der Waals surface area contributed by atoms with Crippen LogP contribution in [-0.4, -0.2) is 63.8 Å². The molecule has 3 aromatic rings. The monoisotopic (exact) mass is 682 g/mol. The molecular weight excluding hydrogens is 632 g/mol. The highest BCUT2D eigenvalue weighted by Gasteiger charge is 2.41. The van der Waals surface area contributed by atoms with E-state index in [4.69, 9.17) is 16.2 Å². The number of ketones is 1. The normalized spacial score (nSPS) is 22.0. The number of nitrogens with two attached hydrogens (primary N) is 2. The predicted molar refractivity (Wildman–Crippen MR) is 192 cm³/mol. The number of carbonyl (C=O) groups excluding carboxylic acids is 3. The van der Waals surface area contributed by atoms with Gasteiger partial charge >= 0.3 is 11.9 Å². The molecule has 266 valence electrons. The van der Waals surface area contributed by atoms with Crippen molar-refractivity contribution in [1.82, 2.24) is 10.2 Å². The van der Waals surface area contributed by atoms with Crippen molar-refractivity contribution in [2.24, 2.45) is 17.4 Å². The van der Waals surface area contributed by atoms with Crippen molar-refractivity contribution < 1.29 is 29.0 Å². The van der Waals surface area contributed by atoms with Crippen molar-refractivity contribution in [3.8, 4) is 5.75 Å². The van der Waals surface area contributed by atoms with Crippen LogP contribution in [-0.2, 0) is 38.4 Å². The number of nitrogens with zero attached hydrogens (tertiary/aromatic N) is 1. The van der Waals surface area contributed by atoms with Gasteiger partial charge in [-0.3, -0.25) is 19.7 Å². The average Bonchev–Trinajstić information content (AvgIpc) is 3.09. The minimum atomic E-state index is -1.02. The third-order valence-electron chi connectivity index (χ3n) is 10.4. The molecule has 6 N–H and O–H groups in total. The van der Waals surface area contributed by atoms with E-state index in [-0.39, 0.29) is 42.9 Å². The number of aryl methyl sites for hydroxylation is 2. The first-order chi connectivity index (χ1) is 23.8. The second kappa shape index (κ2) is 16.1. The molecule has 2 aliphatic rings. The SMILES string of the molecule is Cc1cc(OC(=O)[C@H](Cc2ccccc2)N(C(=O)[C@H](C)N)C2CCCCC2C)cc(C)c1C[C@H](N)C(=O)C1NC(C(=O)O)Cc2ccccc21. The van der Waals surface area contributed by atoms with Crippen LogP contribution in [0.5, 0.6) is 5.75 Å². The lowest BCUT2D eigenvalue weighted by atomic mass is 9.83. The van der Waals surface area contributed by atoms with Crippen LogP contribution in [0.1, 0.15) is 79.0 Å². The number of amides is 1. The zero-order valence-electron chi connectivity index (χ0n) is 29.4. The summed E-state index contributed by atoms with van der Waals surface area (Å²) in [5.41, 5.74) is 17.6. The highest BCUT2D eigenvalue weighted by molar-refractivity contribution is 5.92. The van der Waals surface area contributed by atoms with E-state index in [0.29, 0.717) is 5.75 Å². The van der Waals surface area contributed by atoms with Gasteiger partial charge in [-0.15, -0.1) is 0 Å². The molecule has 0 bridgehead atoms. The van der Waals surface area contributed by atoms with E-state index in [1.807, 2.05) is 68.4 Å². The van der Waals surface area contributed by atoms with Crippen molar-refractivity contribution in [2.45, 2.75) is 109 Å². The lowest BCUT2D eigenvalue weighted by molar-refractivity contribution is -0.153. The van der Waals surface area contributed by atoms with Gasteiger partial charge in [0.15, 0.2) is 5.78 Å². The van der Waals surface area contributed by atoms with Crippen LogP contribution in [0.2, 0.25) is 0 Å². The van der Waals surface area contributed by atoms with Gasteiger partial charge in [0.05, 0.1) is 18.1 Å². The van der Waals surface area contributed by atoms with Gasteiger partial charge in [0.2, 0.25) is 5.91 Å². The first-order valence-corrected chi connectivity index (χ1v) is 17.6. The van der Waals surface area contributed by atoms with E-state index in [9.17, 15) is 24.3 Å². The first-order valence-electron chi connectivity index (χ1n) is 17.6. The molecule has 1 fully saturated rings. The predicted octanol–water partition coefficient (Wildman–Crippen LogP) is 4.35. The van der Waals surface area contributed by atoms with Crippen LogP contribution in [0, 0.1) is 19.8 Å². The van der Waals surface area contributed by atoms with Gasteiger partial charge in [0.1, 0.15) is 17.8 Å². The minimum Gasteiger partial charge on any atom is -0.480 e. The molecule has 7 atom stereocenters. The molecule has 5 rings (SSSR count). The standard InChI is InChI=1S/C40H50N4O6/c1-23-12-8-11-17-34(23)44(38(46)26(4)41)35(20-27-13-6-5-7-14-27)40(49)50-29-18-24(2)31(25(3)19-29)22-32(42)37(45)36-30-16-10-9-15-28(30)21-33(43-36)39(47)48/h5-7,9-10,13-16,18-19,23,26,32-36,43H,8,11-12,17,20-22,41-42H2,1-4H3,(H,47,48)/t23?,26-,32-,33?,34?,35-,36?/m0/s1. The third kappa shape index (κ3) is 8.31. The highest BCUT2D eigenvalue weighted by Crippen LogP contribution is 2.33. The number of Topliss-reactive ketones (excluding diaryl/α,β-unsaturated/α-hetero) is 1. The zero-order valence-corrected chi connectivity index (χ0v) is 29.4. The molecule has 10 nitrogen and oxygen atoms in total. The molecule has 0 radical (unpaired) electrons. The van der Waals surface area contributed by atoms with Gasteiger partial charge in [-0.1, -0.05) is 74.4 Å². The number of carbonyl (C=O) groups is 4. The Morgan fingerprint density at radius 2 is 1.58 bits per heavy atom. The fourth-order valence-corrected chi connectivity index (χ4v) is 7.64. The lowest BCUT2D eigenvalue weighted by Crippen LogP contribution is -2.58. The Labute approximate surface area is 294 Å². The van der Waals surface area contributed by atoms with Crippen molar-refractivity contribution in [2.75, 3.05) is 0 Å². The van der Waals surface area contributed by atoms with Crippen LogP contribution in [0.15, 0.2) is 66.7 Å². The minimum absolute atomic E-state index is 0.134. The van der Waals surface area contributed by atoms with Gasteiger partial charge in [-0.05, 0) is 97.9 Å². The Bertz CT molecular complexity index is 1690. The molecule has 3 aromatic carbocycles. The summed E-state index contributed by atoms with van der Waals surface area (Å²) in [6.07, 6.45) is 4.60. The van der Waals surface area contributed by atoms with Crippen LogP contribution in [0.4, 0.5) is 0 Å².